The summed E-state index contributed by atoms with van der Waals surface area (Å²) in [6, 6.07) is 4.21. The molecule has 1 rings (SSSR count). The molecule has 3 N–H and O–H groups in total. The lowest BCUT2D eigenvalue weighted by molar-refractivity contribution is 0.191. The van der Waals surface area contributed by atoms with Crippen molar-refractivity contribution >= 4 is 28.9 Å². The lowest BCUT2D eigenvalue weighted by Crippen LogP contribution is -2.42. The number of guanidine groups is 1. The zero-order valence-corrected chi connectivity index (χ0v) is 16.0. The molecule has 0 aliphatic carbocycles. The van der Waals surface area contributed by atoms with Crippen LogP contribution in [0.25, 0.3) is 0 Å². The molecule has 1 aromatic heterocycles. The van der Waals surface area contributed by atoms with Crippen LogP contribution in [-0.4, -0.2) is 55.2 Å². The molecule has 0 aromatic carbocycles. The van der Waals surface area contributed by atoms with Crippen molar-refractivity contribution in [1.82, 2.24) is 15.5 Å². The number of likely N-dealkylation sites (N-methyl/N-ethyl adjacent to an activating group) is 1. The lowest BCUT2D eigenvalue weighted by atomic mass is 10.2. The van der Waals surface area contributed by atoms with E-state index in [-0.39, 0.29) is 0 Å². The van der Waals surface area contributed by atoms with E-state index >= 15 is 0 Å². The Morgan fingerprint density at radius 1 is 1.39 bits per heavy atom. The van der Waals surface area contributed by atoms with Gasteiger partial charge in [0, 0.05) is 30.6 Å². The summed E-state index contributed by atoms with van der Waals surface area (Å²) in [6.07, 6.45) is 0.519. The zero-order chi connectivity index (χ0) is 17.2. The van der Waals surface area contributed by atoms with E-state index in [0.29, 0.717) is 16.9 Å². The van der Waals surface area contributed by atoms with E-state index in [9.17, 15) is 5.11 Å². The zero-order valence-electron chi connectivity index (χ0n) is 14.5. The molecule has 0 aliphatic rings. The van der Waals surface area contributed by atoms with Gasteiger partial charge in [0.2, 0.25) is 0 Å². The van der Waals surface area contributed by atoms with E-state index in [2.05, 4.69) is 41.4 Å². The van der Waals surface area contributed by atoms with Gasteiger partial charge < -0.3 is 20.6 Å². The highest BCUT2D eigenvalue weighted by Gasteiger charge is 2.10. The summed E-state index contributed by atoms with van der Waals surface area (Å²) in [5.74, 6) is 0.728. The maximum atomic E-state index is 10.2. The fraction of sp³-hybridized carbons (Fsp3) is 0.688. The first-order valence-electron chi connectivity index (χ1n) is 8.13. The highest BCUT2D eigenvalue weighted by Crippen LogP contribution is 2.26. The molecule has 0 fully saturated rings. The molecule has 0 spiro atoms. The van der Waals surface area contributed by atoms with Crippen LogP contribution in [0.4, 0.5) is 0 Å². The molecule has 2 atom stereocenters. The Balaban J connectivity index is 2.46. The first kappa shape index (κ1) is 20.2. The molecule has 5 nitrogen and oxygen atoms in total. The Bertz CT molecular complexity index is 480. The Kier molecular flexibility index (Phi) is 9.55. The standard InChI is InChI=1S/C16H29ClN4OS/c1-5-12(3)21(4)10-9-19-16(18-6-2)20-11-13(22)14-7-8-15(17)23-14/h7-8,12-13,22H,5-6,9-11H2,1-4H3,(H2,18,19,20). The van der Waals surface area contributed by atoms with Crippen LogP contribution in [0, 0.1) is 0 Å². The quantitative estimate of drug-likeness (QED) is 0.468. The number of aliphatic imine (C=N–C) groups is 1. The van der Waals surface area contributed by atoms with Crippen LogP contribution in [0.1, 0.15) is 38.2 Å². The molecular weight excluding hydrogens is 332 g/mol. The maximum Gasteiger partial charge on any atom is 0.191 e. The van der Waals surface area contributed by atoms with Crippen molar-refractivity contribution in [2.24, 2.45) is 4.99 Å². The van der Waals surface area contributed by atoms with Crippen LogP contribution in [0.2, 0.25) is 4.34 Å². The number of rotatable bonds is 9. The van der Waals surface area contributed by atoms with Crippen molar-refractivity contribution in [2.75, 3.05) is 33.2 Å². The second kappa shape index (κ2) is 10.9. The fourth-order valence-corrected chi connectivity index (χ4v) is 3.04. The highest BCUT2D eigenvalue weighted by atomic mass is 35.5. The normalized spacial score (nSPS) is 14.8. The van der Waals surface area contributed by atoms with Crippen molar-refractivity contribution in [1.29, 1.82) is 0 Å². The van der Waals surface area contributed by atoms with Crippen LogP contribution in [0.5, 0.6) is 0 Å². The first-order valence-corrected chi connectivity index (χ1v) is 9.33. The van der Waals surface area contributed by atoms with E-state index in [1.54, 1.807) is 6.07 Å². The molecule has 7 heteroatoms. The number of hydrogen-bond acceptors (Lipinski definition) is 4. The van der Waals surface area contributed by atoms with Crippen LogP contribution in [0.15, 0.2) is 17.1 Å². The summed E-state index contributed by atoms with van der Waals surface area (Å²) < 4.78 is 0.682. The molecule has 0 bridgehead atoms. The maximum absolute atomic E-state index is 10.2. The van der Waals surface area contributed by atoms with Crippen LogP contribution < -0.4 is 10.6 Å². The van der Waals surface area contributed by atoms with Crippen molar-refractivity contribution in [3.63, 3.8) is 0 Å². The van der Waals surface area contributed by atoms with Gasteiger partial charge in [-0.25, -0.2) is 0 Å². The minimum Gasteiger partial charge on any atom is -0.386 e. The number of aliphatic hydroxyl groups is 1. The molecule has 0 saturated heterocycles. The fourth-order valence-electron chi connectivity index (χ4n) is 2.00. The van der Waals surface area contributed by atoms with Crippen molar-refractivity contribution in [3.8, 4) is 0 Å². The summed E-state index contributed by atoms with van der Waals surface area (Å²) >= 11 is 7.28. The Morgan fingerprint density at radius 2 is 2.13 bits per heavy atom. The summed E-state index contributed by atoms with van der Waals surface area (Å²) in [6.45, 7) is 9.30. The molecule has 132 valence electrons. The monoisotopic (exact) mass is 360 g/mol. The van der Waals surface area contributed by atoms with Gasteiger partial charge in [0.05, 0.1) is 10.9 Å². The molecular formula is C16H29ClN4OS. The van der Waals surface area contributed by atoms with E-state index in [0.717, 1.165) is 36.9 Å². The van der Waals surface area contributed by atoms with Gasteiger partial charge in [-0.15, -0.1) is 11.3 Å². The van der Waals surface area contributed by atoms with Gasteiger partial charge in [-0.05, 0) is 39.4 Å². The van der Waals surface area contributed by atoms with Gasteiger partial charge in [-0.3, -0.25) is 4.99 Å². The second-order valence-electron chi connectivity index (χ2n) is 5.54. The number of thiophene rings is 1. The molecule has 0 amide bonds. The topological polar surface area (TPSA) is 59.9 Å². The van der Waals surface area contributed by atoms with E-state index in [1.165, 1.54) is 11.3 Å². The number of halogens is 1. The minimum absolute atomic E-state index is 0.313. The highest BCUT2D eigenvalue weighted by molar-refractivity contribution is 7.16. The third kappa shape index (κ3) is 7.52. The smallest absolute Gasteiger partial charge is 0.191 e. The number of nitrogens with zero attached hydrogens (tertiary/aromatic N) is 2. The number of aliphatic hydroxyl groups excluding tert-OH is 1. The third-order valence-electron chi connectivity index (χ3n) is 3.79. The van der Waals surface area contributed by atoms with Gasteiger partial charge in [0.15, 0.2) is 5.96 Å². The van der Waals surface area contributed by atoms with Gasteiger partial charge in [-0.1, -0.05) is 18.5 Å². The summed E-state index contributed by atoms with van der Waals surface area (Å²) in [5.41, 5.74) is 0. The predicted octanol–water partition coefficient (Wildman–Crippen LogP) is 2.72. The molecule has 0 radical (unpaired) electrons. The lowest BCUT2D eigenvalue weighted by Gasteiger charge is -2.24. The van der Waals surface area contributed by atoms with E-state index < -0.39 is 6.10 Å². The van der Waals surface area contributed by atoms with Crippen molar-refractivity contribution in [3.05, 3.63) is 21.3 Å². The van der Waals surface area contributed by atoms with Gasteiger partial charge in [0.25, 0.3) is 0 Å². The predicted molar refractivity (Wildman–Crippen MR) is 101 cm³/mol. The summed E-state index contributed by atoms with van der Waals surface area (Å²) in [4.78, 5) is 7.61. The summed E-state index contributed by atoms with van der Waals surface area (Å²) in [7, 11) is 2.13. The summed E-state index contributed by atoms with van der Waals surface area (Å²) in [5, 5.41) is 16.7. The average molecular weight is 361 g/mol. The van der Waals surface area contributed by atoms with Gasteiger partial charge >= 0.3 is 0 Å². The molecule has 23 heavy (non-hydrogen) atoms. The van der Waals surface area contributed by atoms with Crippen LogP contribution >= 0.6 is 22.9 Å². The van der Waals surface area contributed by atoms with Crippen LogP contribution in [-0.2, 0) is 0 Å². The Labute approximate surface area is 148 Å². The van der Waals surface area contributed by atoms with Gasteiger partial charge in [0.1, 0.15) is 6.10 Å². The third-order valence-corrected chi connectivity index (χ3v) is 5.12. The first-order chi connectivity index (χ1) is 11.0. The average Bonchev–Trinajstić information content (AvgIpc) is 2.97. The SMILES string of the molecule is CCNC(=NCC(O)c1ccc(Cl)s1)NCCN(C)C(C)CC. The molecule has 2 unspecified atom stereocenters. The van der Waals surface area contributed by atoms with Crippen LogP contribution in [0.3, 0.4) is 0 Å². The molecule has 1 aromatic rings. The minimum atomic E-state index is -0.620. The molecule has 0 saturated carbocycles. The Hall–Kier alpha value is -0.820. The van der Waals surface area contributed by atoms with E-state index in [1.807, 2.05) is 13.0 Å². The van der Waals surface area contributed by atoms with Crippen molar-refractivity contribution in [2.45, 2.75) is 39.3 Å². The van der Waals surface area contributed by atoms with E-state index in [4.69, 9.17) is 11.6 Å². The molecule has 1 heterocycles. The largest absolute Gasteiger partial charge is 0.386 e. The molecule has 0 aliphatic heterocycles. The second-order valence-corrected chi connectivity index (χ2v) is 7.29. The number of hydrogen-bond donors (Lipinski definition) is 3. The van der Waals surface area contributed by atoms with Gasteiger partial charge in [-0.2, -0.15) is 0 Å². The van der Waals surface area contributed by atoms with Crippen molar-refractivity contribution < 1.29 is 5.11 Å². The number of nitrogens with one attached hydrogen (secondary N) is 2. The Morgan fingerprint density at radius 3 is 2.70 bits per heavy atom.